The Morgan fingerprint density at radius 2 is 1.79 bits per heavy atom. The number of terminal acetylenes is 1. The highest BCUT2D eigenvalue weighted by molar-refractivity contribution is 6.31. The molecule has 53 heavy (non-hydrogen) atoms. The lowest BCUT2D eigenvalue weighted by atomic mass is 9.72. The number of benzene rings is 1. The van der Waals surface area contributed by atoms with Crippen molar-refractivity contribution in [2.45, 2.75) is 44.2 Å². The predicted molar refractivity (Wildman–Crippen MR) is 205 cm³/mol. The van der Waals surface area contributed by atoms with E-state index in [1.54, 1.807) is 11.1 Å². The minimum absolute atomic E-state index is 0.132. The van der Waals surface area contributed by atoms with Gasteiger partial charge in [0.15, 0.2) is 0 Å². The molecule has 0 unspecified atom stereocenters. The summed E-state index contributed by atoms with van der Waals surface area (Å²) in [6, 6.07) is 7.73. The number of halogens is 2. The number of rotatable bonds is 21. The van der Waals surface area contributed by atoms with Crippen LogP contribution >= 0.6 is 11.6 Å². The number of imidazole rings is 1. The molecule has 0 radical (unpaired) electrons. The Morgan fingerprint density at radius 1 is 1.08 bits per heavy atom. The van der Waals surface area contributed by atoms with Crippen LogP contribution in [0.25, 0.3) is 11.0 Å². The van der Waals surface area contributed by atoms with Crippen molar-refractivity contribution in [3.63, 3.8) is 0 Å². The van der Waals surface area contributed by atoms with E-state index in [1.165, 1.54) is 6.08 Å². The zero-order valence-corrected chi connectivity index (χ0v) is 30.9. The molecule has 1 amide bonds. The third-order valence-electron chi connectivity index (χ3n) is 9.52. The van der Waals surface area contributed by atoms with Crippen molar-refractivity contribution in [3.8, 4) is 12.3 Å². The zero-order valence-electron chi connectivity index (χ0n) is 30.2. The van der Waals surface area contributed by atoms with Crippen LogP contribution in [-0.2, 0) is 42.2 Å². The highest BCUT2D eigenvalue weighted by atomic mass is 35.5. The van der Waals surface area contributed by atoms with Crippen LogP contribution in [0.5, 0.6) is 0 Å². The number of hydrogen-bond acceptors (Lipinski definition) is 10. The smallest absolute Gasteiger partial charge is 0.269 e. The highest BCUT2D eigenvalue weighted by Gasteiger charge is 2.48. The molecule has 1 aromatic carbocycles. The van der Waals surface area contributed by atoms with E-state index >= 15 is 0 Å². The van der Waals surface area contributed by atoms with Crippen LogP contribution in [0.2, 0.25) is 5.02 Å². The topological polar surface area (TPSA) is 130 Å². The maximum Gasteiger partial charge on any atom is 0.269 e. The number of ether oxygens (including phenoxy) is 4. The molecule has 4 heterocycles. The molecule has 14 heteroatoms. The monoisotopic (exact) mass is 749 g/mol. The van der Waals surface area contributed by atoms with Crippen molar-refractivity contribution in [2.24, 2.45) is 10.7 Å². The van der Waals surface area contributed by atoms with Gasteiger partial charge in [-0.3, -0.25) is 19.2 Å². The number of hydrogen-bond donors (Lipinski definition) is 1. The van der Waals surface area contributed by atoms with Gasteiger partial charge in [-0.25, -0.2) is 4.98 Å². The number of pyridine rings is 1. The van der Waals surface area contributed by atoms with Crippen LogP contribution in [0.15, 0.2) is 65.7 Å². The molecule has 0 saturated carbocycles. The number of nitrogens with two attached hydrogens (primary N) is 1. The largest absolute Gasteiger partial charge is 0.394 e. The Bertz CT molecular complexity index is 1780. The molecule has 2 aliphatic rings. The fourth-order valence-corrected chi connectivity index (χ4v) is 6.96. The molecule has 2 aliphatic heterocycles. The Kier molecular flexibility index (Phi) is 15.2. The molecular weight excluding hydrogens is 701 g/mol. The van der Waals surface area contributed by atoms with Gasteiger partial charge in [-0.1, -0.05) is 24.1 Å². The van der Waals surface area contributed by atoms with Crippen LogP contribution in [0.1, 0.15) is 37.1 Å². The molecule has 12 nitrogen and oxygen atoms in total. The number of carbonyl (C=O) groups is 1. The molecule has 2 N–H and O–H groups in total. The molecule has 0 aliphatic carbocycles. The predicted octanol–water partition coefficient (Wildman–Crippen LogP) is 4.84. The number of fused-ring (bicyclic) bond motifs is 3. The van der Waals surface area contributed by atoms with Gasteiger partial charge >= 0.3 is 0 Å². The molecule has 5 rings (SSSR count). The van der Waals surface area contributed by atoms with Crippen LogP contribution < -0.4 is 10.6 Å². The number of nitrogens with zero attached hydrogens (tertiary/aromatic N) is 6. The van der Waals surface area contributed by atoms with Gasteiger partial charge in [0.1, 0.15) is 12.4 Å². The van der Waals surface area contributed by atoms with Crippen LogP contribution in [0, 0.1) is 12.3 Å². The van der Waals surface area contributed by atoms with E-state index in [-0.39, 0.29) is 30.3 Å². The normalized spacial score (nSPS) is 15.6. The third kappa shape index (κ3) is 10.2. The highest BCUT2D eigenvalue weighted by Crippen LogP contribution is 2.53. The molecule has 0 atom stereocenters. The standard InChI is InChI=1S/C39H49ClFN7O5/c1-3-19-50-21-23-52-25-26-53-24-22-51-20-15-43-14-9-33(42)38(49)46-17-10-39(11-18-46)30(2)48(36-28-44-13-8-32(36)39)29-37-45-34-27-31(40)6-7-35(34)47(37)16-5-4-12-41/h1,6-9,13-14,27-28H,2,4-5,10-12,15-26,29,42H2/b33-9-,43-14?. The van der Waals surface area contributed by atoms with Crippen molar-refractivity contribution in [3.05, 3.63) is 77.1 Å². The van der Waals surface area contributed by atoms with Crippen LogP contribution in [0.4, 0.5) is 10.1 Å². The van der Waals surface area contributed by atoms with E-state index in [4.69, 9.17) is 47.7 Å². The summed E-state index contributed by atoms with van der Waals surface area (Å²) < 4.78 is 36.7. The Hall–Kier alpha value is -4.32. The van der Waals surface area contributed by atoms with E-state index in [2.05, 4.69) is 38.0 Å². The molecular formula is C39H49ClFN7O5. The summed E-state index contributed by atoms with van der Waals surface area (Å²) in [6.45, 7) is 10.3. The maximum atomic E-state index is 13.3. The van der Waals surface area contributed by atoms with Gasteiger partial charge < -0.3 is 39.0 Å². The number of aromatic nitrogens is 3. The maximum absolute atomic E-state index is 13.3. The van der Waals surface area contributed by atoms with Gasteiger partial charge in [0.25, 0.3) is 5.91 Å². The number of amides is 1. The van der Waals surface area contributed by atoms with E-state index in [0.717, 1.165) is 33.8 Å². The molecule has 1 spiro atoms. The molecule has 1 saturated heterocycles. The number of aliphatic imine (C=N–C) groups is 1. The first-order chi connectivity index (χ1) is 25.9. The fraction of sp³-hybridized carbons (Fsp3) is 0.487. The van der Waals surface area contributed by atoms with Gasteiger partial charge in [0.2, 0.25) is 0 Å². The molecule has 3 aromatic rings. The number of aryl methyl sites for hydroxylation is 1. The first-order valence-electron chi connectivity index (χ1n) is 18.0. The minimum Gasteiger partial charge on any atom is -0.394 e. The van der Waals surface area contributed by atoms with Gasteiger partial charge in [-0.05, 0) is 61.6 Å². The summed E-state index contributed by atoms with van der Waals surface area (Å²) in [5.41, 5.74) is 10.8. The first kappa shape index (κ1) is 39.9. The third-order valence-corrected chi connectivity index (χ3v) is 9.75. The number of anilines is 1. The summed E-state index contributed by atoms with van der Waals surface area (Å²) in [5, 5.41) is 0.613. The number of piperidine rings is 1. The van der Waals surface area contributed by atoms with Crippen molar-refractivity contribution in [1.29, 1.82) is 0 Å². The second kappa shape index (κ2) is 20.2. The second-order valence-electron chi connectivity index (χ2n) is 12.8. The lowest BCUT2D eigenvalue weighted by molar-refractivity contribution is -0.128. The molecule has 284 valence electrons. The number of carbonyl (C=O) groups excluding carboxylic acids is 1. The van der Waals surface area contributed by atoms with Gasteiger partial charge in [-0.15, -0.1) is 6.42 Å². The summed E-state index contributed by atoms with van der Waals surface area (Å²) in [7, 11) is 0. The zero-order chi connectivity index (χ0) is 37.5. The average Bonchev–Trinajstić information content (AvgIpc) is 3.62. The van der Waals surface area contributed by atoms with Gasteiger partial charge in [-0.2, -0.15) is 0 Å². The number of allylic oxidation sites excluding steroid dienone is 2. The Morgan fingerprint density at radius 3 is 2.51 bits per heavy atom. The van der Waals surface area contributed by atoms with Gasteiger partial charge in [0, 0.05) is 48.2 Å². The Labute approximate surface area is 315 Å². The van der Waals surface area contributed by atoms with E-state index < -0.39 is 0 Å². The van der Waals surface area contributed by atoms with Gasteiger partial charge in [0.05, 0.1) is 94.6 Å². The molecule has 1 fully saturated rings. The number of alkyl halides is 1. The summed E-state index contributed by atoms with van der Waals surface area (Å²) >= 11 is 6.31. The number of likely N-dealkylation sites (tertiary alicyclic amines) is 1. The van der Waals surface area contributed by atoms with Crippen molar-refractivity contribution < 1.29 is 28.1 Å². The lowest BCUT2D eigenvalue weighted by Gasteiger charge is -2.41. The van der Waals surface area contributed by atoms with Crippen molar-refractivity contribution in [1.82, 2.24) is 19.4 Å². The van der Waals surface area contributed by atoms with Crippen molar-refractivity contribution in [2.75, 3.05) is 84.1 Å². The average molecular weight is 750 g/mol. The summed E-state index contributed by atoms with van der Waals surface area (Å²) in [6.07, 6.45) is 14.4. The molecule has 2 aromatic heterocycles. The van der Waals surface area contributed by atoms with Crippen LogP contribution in [0.3, 0.4) is 0 Å². The fourth-order valence-electron chi connectivity index (χ4n) is 6.79. The SMILES string of the molecule is C#CCOCCOCCOCCOCCN=C/C=C(\N)C(=O)N1CCC2(CC1)C(=C)N(Cc1nc3cc(Cl)ccc3n1CCCCF)c1cnccc12. The summed E-state index contributed by atoms with van der Waals surface area (Å²) in [4.78, 5) is 31.0. The van der Waals surface area contributed by atoms with E-state index in [0.29, 0.717) is 110 Å². The number of unbranched alkanes of at least 4 members (excludes halogenated alkanes) is 1. The summed E-state index contributed by atoms with van der Waals surface area (Å²) in [5.74, 6) is 3.02. The van der Waals surface area contributed by atoms with Crippen LogP contribution in [-0.4, -0.2) is 111 Å². The first-order valence-corrected chi connectivity index (χ1v) is 18.4. The second-order valence-corrected chi connectivity index (χ2v) is 13.2. The van der Waals surface area contributed by atoms with E-state index in [1.807, 2.05) is 30.6 Å². The lowest BCUT2D eigenvalue weighted by Crippen LogP contribution is -2.47. The molecule has 0 bridgehead atoms. The van der Waals surface area contributed by atoms with E-state index in [9.17, 15) is 9.18 Å². The Balaban J connectivity index is 1.10. The quantitative estimate of drug-likeness (QED) is 0.0704. The van der Waals surface area contributed by atoms with Crippen molar-refractivity contribution >= 4 is 40.4 Å². The minimum atomic E-state index is -0.361.